The molecule has 2 heterocycles. The summed E-state index contributed by atoms with van der Waals surface area (Å²) in [6.07, 6.45) is 2.45. The van der Waals surface area contributed by atoms with Crippen LogP contribution >= 0.6 is 0 Å². The van der Waals surface area contributed by atoms with E-state index in [1.807, 2.05) is 19.9 Å². The number of nitrogens with one attached hydrogen (secondary N) is 1. The molecule has 1 fully saturated rings. The molecule has 1 saturated heterocycles. The summed E-state index contributed by atoms with van der Waals surface area (Å²) < 4.78 is 5.30. The van der Waals surface area contributed by atoms with Gasteiger partial charge in [-0.05, 0) is 32.1 Å². The first-order chi connectivity index (χ1) is 10.1. The van der Waals surface area contributed by atoms with Gasteiger partial charge >= 0.3 is 5.97 Å². The number of aromatic nitrogens is 2. The maximum Gasteiger partial charge on any atom is 0.308 e. The number of carboxylic acids is 1. The summed E-state index contributed by atoms with van der Waals surface area (Å²) in [5.41, 5.74) is 0.961. The Kier molecular flexibility index (Phi) is 5.50. The summed E-state index contributed by atoms with van der Waals surface area (Å²) in [4.78, 5) is 20.1. The third-order valence-corrected chi connectivity index (χ3v) is 3.91. The Morgan fingerprint density at radius 2 is 2.19 bits per heavy atom. The molecule has 1 unspecified atom stereocenters. The van der Waals surface area contributed by atoms with E-state index in [0.717, 1.165) is 25.0 Å². The van der Waals surface area contributed by atoms with Crippen LogP contribution in [0.3, 0.4) is 0 Å². The summed E-state index contributed by atoms with van der Waals surface area (Å²) >= 11 is 0. The van der Waals surface area contributed by atoms with Crippen LogP contribution in [0.5, 0.6) is 0 Å². The van der Waals surface area contributed by atoms with Gasteiger partial charge in [-0.25, -0.2) is 9.97 Å². The van der Waals surface area contributed by atoms with Crippen molar-refractivity contribution in [2.45, 2.75) is 33.1 Å². The van der Waals surface area contributed by atoms with E-state index < -0.39 is 11.9 Å². The second kappa shape index (κ2) is 7.36. The normalized spacial score (nSPS) is 17.4. The molecule has 0 aromatic carbocycles. The van der Waals surface area contributed by atoms with Crippen molar-refractivity contribution in [1.29, 1.82) is 0 Å². The number of carboxylic acid groups (broad SMARTS) is 1. The van der Waals surface area contributed by atoms with Gasteiger partial charge < -0.3 is 15.2 Å². The van der Waals surface area contributed by atoms with Crippen LogP contribution in [0.25, 0.3) is 0 Å². The molecule has 0 amide bonds. The molecule has 1 aromatic heterocycles. The van der Waals surface area contributed by atoms with Crippen molar-refractivity contribution in [3.63, 3.8) is 0 Å². The molecular formula is C15H23N3O3. The van der Waals surface area contributed by atoms with Crippen LogP contribution in [-0.4, -0.2) is 40.8 Å². The molecule has 0 radical (unpaired) electrons. The van der Waals surface area contributed by atoms with Crippen LogP contribution in [0.2, 0.25) is 0 Å². The van der Waals surface area contributed by atoms with Crippen molar-refractivity contribution in [2.75, 3.05) is 25.1 Å². The molecule has 6 nitrogen and oxygen atoms in total. The molecule has 116 valence electrons. The molecule has 1 atom stereocenters. The highest BCUT2D eigenvalue weighted by atomic mass is 16.5. The fraction of sp³-hybridized carbons (Fsp3) is 0.667. The summed E-state index contributed by atoms with van der Waals surface area (Å²) in [6, 6.07) is 1.88. The molecule has 0 spiro atoms. The first-order valence-electron chi connectivity index (χ1n) is 7.49. The zero-order valence-electron chi connectivity index (χ0n) is 12.6. The van der Waals surface area contributed by atoms with Gasteiger partial charge in [-0.1, -0.05) is 6.92 Å². The average molecular weight is 293 g/mol. The quantitative estimate of drug-likeness (QED) is 0.833. The van der Waals surface area contributed by atoms with Gasteiger partial charge in [0.15, 0.2) is 0 Å². The topological polar surface area (TPSA) is 84.3 Å². The third-order valence-electron chi connectivity index (χ3n) is 3.91. The van der Waals surface area contributed by atoms with Crippen molar-refractivity contribution in [3.05, 3.63) is 17.6 Å². The Bertz CT molecular complexity index is 487. The van der Waals surface area contributed by atoms with Crippen molar-refractivity contribution < 1.29 is 14.6 Å². The zero-order chi connectivity index (χ0) is 15.2. The van der Waals surface area contributed by atoms with Gasteiger partial charge in [0.25, 0.3) is 0 Å². The minimum absolute atomic E-state index is 0.164. The van der Waals surface area contributed by atoms with Gasteiger partial charge in [-0.15, -0.1) is 0 Å². The maximum atomic E-state index is 11.5. The van der Waals surface area contributed by atoms with E-state index in [9.17, 15) is 9.90 Å². The van der Waals surface area contributed by atoms with E-state index in [1.165, 1.54) is 0 Å². The average Bonchev–Trinajstić information content (AvgIpc) is 2.47. The number of anilines is 1. The summed E-state index contributed by atoms with van der Waals surface area (Å²) in [6.45, 7) is 5.58. The van der Waals surface area contributed by atoms with Gasteiger partial charge in [0.1, 0.15) is 11.6 Å². The van der Waals surface area contributed by atoms with E-state index in [0.29, 0.717) is 31.4 Å². The fourth-order valence-corrected chi connectivity index (χ4v) is 2.69. The Morgan fingerprint density at radius 1 is 1.48 bits per heavy atom. The molecule has 6 heteroatoms. The molecular weight excluding hydrogens is 270 g/mol. The number of ether oxygens (including phenoxy) is 1. The van der Waals surface area contributed by atoms with Gasteiger partial charge in [0, 0.05) is 31.5 Å². The van der Waals surface area contributed by atoms with E-state index >= 15 is 0 Å². The largest absolute Gasteiger partial charge is 0.481 e. The van der Waals surface area contributed by atoms with Crippen LogP contribution < -0.4 is 5.32 Å². The Morgan fingerprint density at radius 3 is 2.81 bits per heavy atom. The number of aryl methyl sites for hydroxylation is 2. The van der Waals surface area contributed by atoms with Crippen LogP contribution in [0.1, 0.15) is 31.3 Å². The minimum atomic E-state index is -0.754. The lowest BCUT2D eigenvalue weighted by Crippen LogP contribution is -2.34. The molecule has 1 aliphatic rings. The highest BCUT2D eigenvalue weighted by molar-refractivity contribution is 5.71. The second-order valence-electron chi connectivity index (χ2n) is 5.42. The fourth-order valence-electron chi connectivity index (χ4n) is 2.69. The van der Waals surface area contributed by atoms with E-state index in [1.54, 1.807) is 0 Å². The SMILES string of the molecule is CCc1cc(NCC(C(=O)O)C2CCOCC2)nc(C)n1. The predicted molar refractivity (Wildman–Crippen MR) is 79.3 cm³/mol. The number of nitrogens with zero attached hydrogens (tertiary/aromatic N) is 2. The number of aliphatic carboxylic acids is 1. The van der Waals surface area contributed by atoms with E-state index in [-0.39, 0.29) is 5.92 Å². The van der Waals surface area contributed by atoms with Crippen molar-refractivity contribution in [2.24, 2.45) is 11.8 Å². The molecule has 2 N–H and O–H groups in total. The number of hydrogen-bond donors (Lipinski definition) is 2. The zero-order valence-corrected chi connectivity index (χ0v) is 12.6. The standard InChI is InChI=1S/C15H23N3O3/c1-3-12-8-14(18-10(2)17-12)16-9-13(15(19)20)11-4-6-21-7-5-11/h8,11,13H,3-7,9H2,1-2H3,(H,19,20)(H,16,17,18). The number of hydrogen-bond acceptors (Lipinski definition) is 5. The van der Waals surface area contributed by atoms with E-state index in [2.05, 4.69) is 15.3 Å². The van der Waals surface area contributed by atoms with Crippen LogP contribution in [0.4, 0.5) is 5.82 Å². The first kappa shape index (κ1) is 15.7. The molecule has 1 aromatic rings. The first-order valence-corrected chi connectivity index (χ1v) is 7.49. The highest BCUT2D eigenvalue weighted by Gasteiger charge is 2.29. The van der Waals surface area contributed by atoms with Gasteiger partial charge in [0.2, 0.25) is 0 Å². The number of carbonyl (C=O) groups is 1. The van der Waals surface area contributed by atoms with Gasteiger partial charge in [0.05, 0.1) is 5.92 Å². The monoisotopic (exact) mass is 293 g/mol. The lowest BCUT2D eigenvalue weighted by Gasteiger charge is -2.27. The minimum Gasteiger partial charge on any atom is -0.481 e. The van der Waals surface area contributed by atoms with Crippen LogP contribution in [0.15, 0.2) is 6.07 Å². The molecule has 21 heavy (non-hydrogen) atoms. The van der Waals surface area contributed by atoms with Gasteiger partial charge in [-0.3, -0.25) is 4.79 Å². The molecule has 2 rings (SSSR count). The van der Waals surface area contributed by atoms with Crippen molar-refractivity contribution >= 4 is 11.8 Å². The lowest BCUT2D eigenvalue weighted by atomic mass is 9.86. The molecule has 0 bridgehead atoms. The molecule has 0 aliphatic carbocycles. The van der Waals surface area contributed by atoms with Crippen LogP contribution in [0, 0.1) is 18.8 Å². The Balaban J connectivity index is 2.01. The number of rotatable bonds is 6. The van der Waals surface area contributed by atoms with Gasteiger partial charge in [-0.2, -0.15) is 0 Å². The third kappa shape index (κ3) is 4.39. The second-order valence-corrected chi connectivity index (χ2v) is 5.42. The smallest absolute Gasteiger partial charge is 0.308 e. The lowest BCUT2D eigenvalue weighted by molar-refractivity contribution is -0.144. The van der Waals surface area contributed by atoms with Crippen molar-refractivity contribution in [3.8, 4) is 0 Å². The van der Waals surface area contributed by atoms with Crippen molar-refractivity contribution in [1.82, 2.24) is 9.97 Å². The summed E-state index contributed by atoms with van der Waals surface area (Å²) in [7, 11) is 0. The summed E-state index contributed by atoms with van der Waals surface area (Å²) in [5, 5.41) is 12.6. The summed E-state index contributed by atoms with van der Waals surface area (Å²) in [5.74, 6) is 0.412. The van der Waals surface area contributed by atoms with Crippen LogP contribution in [-0.2, 0) is 16.0 Å². The maximum absolute atomic E-state index is 11.5. The predicted octanol–water partition coefficient (Wildman–Crippen LogP) is 1.89. The Labute approximate surface area is 124 Å². The Hall–Kier alpha value is -1.69. The molecule has 0 saturated carbocycles. The van der Waals surface area contributed by atoms with E-state index in [4.69, 9.17) is 4.74 Å². The molecule has 1 aliphatic heterocycles. The highest BCUT2D eigenvalue weighted by Crippen LogP contribution is 2.24.